The lowest BCUT2D eigenvalue weighted by Gasteiger charge is -2.23. The number of fused-ring (bicyclic) bond motifs is 1. The number of amides is 2. The van der Waals surface area contributed by atoms with E-state index in [0.29, 0.717) is 5.69 Å². The number of anilines is 1. The average molecular weight is 547 g/mol. The Morgan fingerprint density at radius 2 is 1.79 bits per heavy atom. The Morgan fingerprint density at radius 1 is 1.05 bits per heavy atom. The molecule has 0 bridgehead atoms. The highest BCUT2D eigenvalue weighted by Crippen LogP contribution is 2.43. The summed E-state index contributed by atoms with van der Waals surface area (Å²) in [6.07, 6.45) is 2.05. The molecule has 3 aromatic carbocycles. The summed E-state index contributed by atoms with van der Waals surface area (Å²) in [5.74, 6) is -4.50. The Hall–Kier alpha value is -4.30. The van der Waals surface area contributed by atoms with Crippen LogP contribution in [0.2, 0.25) is 5.02 Å². The molecule has 9 heteroatoms. The minimum absolute atomic E-state index is 0.114. The first-order valence-electron chi connectivity index (χ1n) is 12.4. The van der Waals surface area contributed by atoms with E-state index in [0.717, 1.165) is 17.3 Å². The van der Waals surface area contributed by atoms with E-state index < -0.39 is 29.7 Å². The molecule has 0 radical (unpaired) electrons. The maximum atomic E-state index is 15.5. The molecule has 0 aliphatic carbocycles. The molecule has 0 spiro atoms. The first-order valence-corrected chi connectivity index (χ1v) is 12.8. The van der Waals surface area contributed by atoms with E-state index in [1.807, 2.05) is 43.3 Å². The average Bonchev–Trinajstić information content (AvgIpc) is 3.33. The molecule has 0 atom stereocenters. The van der Waals surface area contributed by atoms with Crippen molar-refractivity contribution in [2.75, 3.05) is 11.4 Å². The van der Waals surface area contributed by atoms with Gasteiger partial charge in [0.05, 0.1) is 27.7 Å². The van der Waals surface area contributed by atoms with E-state index in [-0.39, 0.29) is 34.9 Å². The van der Waals surface area contributed by atoms with Gasteiger partial charge in [-0.1, -0.05) is 60.1 Å². The first kappa shape index (κ1) is 26.3. The summed E-state index contributed by atoms with van der Waals surface area (Å²) in [4.78, 5) is 27.7. The Labute approximate surface area is 229 Å². The van der Waals surface area contributed by atoms with Crippen LogP contribution in [-0.4, -0.2) is 34.1 Å². The number of alkyl halides is 2. The van der Waals surface area contributed by atoms with Gasteiger partial charge in [-0.15, -0.1) is 0 Å². The summed E-state index contributed by atoms with van der Waals surface area (Å²) >= 11 is 6.51. The molecule has 2 heterocycles. The van der Waals surface area contributed by atoms with Gasteiger partial charge in [-0.05, 0) is 42.8 Å². The zero-order chi connectivity index (χ0) is 27.6. The van der Waals surface area contributed by atoms with Gasteiger partial charge >= 0.3 is 0 Å². The van der Waals surface area contributed by atoms with Crippen LogP contribution in [0.5, 0.6) is 0 Å². The predicted octanol–water partition coefficient (Wildman–Crippen LogP) is 6.22. The van der Waals surface area contributed by atoms with Gasteiger partial charge in [-0.3, -0.25) is 9.59 Å². The predicted molar refractivity (Wildman–Crippen MR) is 147 cm³/mol. The van der Waals surface area contributed by atoms with Crippen LogP contribution in [0.3, 0.4) is 0 Å². The Morgan fingerprint density at radius 3 is 2.51 bits per heavy atom. The lowest BCUT2D eigenvalue weighted by atomic mass is 9.97. The molecule has 0 unspecified atom stereocenters. The Balaban J connectivity index is 1.46. The SMILES string of the molecule is Cc1ccn(-c2ccc(C(=O)N3CCC(F)(F)/C(=C\C(=O)NCc4ccccc4)c4ccccc43)c(Cl)c2)n1. The highest BCUT2D eigenvalue weighted by atomic mass is 35.5. The van der Waals surface area contributed by atoms with Gasteiger partial charge in [0.15, 0.2) is 0 Å². The number of allylic oxidation sites excluding steroid dienone is 1. The quantitative estimate of drug-likeness (QED) is 0.302. The number of aromatic nitrogens is 2. The molecule has 6 nitrogen and oxygen atoms in total. The second-order valence-corrected chi connectivity index (χ2v) is 9.66. The maximum absolute atomic E-state index is 15.5. The summed E-state index contributed by atoms with van der Waals surface area (Å²) in [6.45, 7) is 1.80. The number of rotatable bonds is 5. The molecule has 1 N–H and O–H groups in total. The molecule has 1 aromatic heterocycles. The van der Waals surface area contributed by atoms with Crippen LogP contribution >= 0.6 is 11.6 Å². The molecule has 5 rings (SSSR count). The monoisotopic (exact) mass is 546 g/mol. The Kier molecular flexibility index (Phi) is 7.30. The van der Waals surface area contributed by atoms with Gasteiger partial charge in [-0.25, -0.2) is 13.5 Å². The normalized spacial score (nSPS) is 15.5. The van der Waals surface area contributed by atoms with Gasteiger partial charge < -0.3 is 10.2 Å². The van der Waals surface area contributed by atoms with Crippen LogP contribution in [-0.2, 0) is 11.3 Å². The van der Waals surface area contributed by atoms with Gasteiger partial charge in [0.2, 0.25) is 5.91 Å². The van der Waals surface area contributed by atoms with Crippen molar-refractivity contribution < 1.29 is 18.4 Å². The summed E-state index contributed by atoms with van der Waals surface area (Å²) in [5.41, 5.74) is 2.47. The number of benzene rings is 3. The number of carbonyl (C=O) groups excluding carboxylic acids is 2. The molecule has 1 aliphatic rings. The van der Waals surface area contributed by atoms with E-state index in [2.05, 4.69) is 10.4 Å². The molecule has 1 aliphatic heterocycles. The third-order valence-corrected chi connectivity index (χ3v) is 6.84. The minimum Gasteiger partial charge on any atom is -0.348 e. The van der Waals surface area contributed by atoms with Crippen molar-refractivity contribution in [1.82, 2.24) is 15.1 Å². The molecule has 39 heavy (non-hydrogen) atoms. The van der Waals surface area contributed by atoms with Crippen LogP contribution in [0.4, 0.5) is 14.5 Å². The molecule has 198 valence electrons. The summed E-state index contributed by atoms with van der Waals surface area (Å²) < 4.78 is 32.6. The van der Waals surface area contributed by atoms with E-state index in [4.69, 9.17) is 11.6 Å². The molecule has 0 saturated carbocycles. The van der Waals surface area contributed by atoms with Gasteiger partial charge in [-0.2, -0.15) is 5.10 Å². The third-order valence-electron chi connectivity index (χ3n) is 6.53. The fraction of sp³-hybridized carbons (Fsp3) is 0.167. The fourth-order valence-electron chi connectivity index (χ4n) is 4.53. The second-order valence-electron chi connectivity index (χ2n) is 9.26. The molecule has 2 amide bonds. The zero-order valence-corrected chi connectivity index (χ0v) is 21.8. The first-order chi connectivity index (χ1) is 18.7. The Bertz CT molecular complexity index is 1570. The van der Waals surface area contributed by atoms with Gasteiger partial charge in [0.1, 0.15) is 0 Å². The van der Waals surface area contributed by atoms with Crippen molar-refractivity contribution in [3.8, 4) is 5.69 Å². The van der Waals surface area contributed by atoms with Crippen LogP contribution in [0.25, 0.3) is 11.3 Å². The van der Waals surface area contributed by atoms with Crippen molar-refractivity contribution in [1.29, 1.82) is 0 Å². The largest absolute Gasteiger partial charge is 0.348 e. The van der Waals surface area contributed by atoms with Crippen LogP contribution in [0.15, 0.2) is 91.1 Å². The summed E-state index contributed by atoms with van der Waals surface area (Å²) in [7, 11) is 0. The number of aryl methyl sites for hydroxylation is 1. The molecular weight excluding hydrogens is 522 g/mol. The van der Waals surface area contributed by atoms with Gasteiger partial charge in [0.25, 0.3) is 11.8 Å². The lowest BCUT2D eigenvalue weighted by molar-refractivity contribution is -0.116. The highest BCUT2D eigenvalue weighted by Gasteiger charge is 2.41. The van der Waals surface area contributed by atoms with Crippen molar-refractivity contribution >= 4 is 34.7 Å². The second kappa shape index (κ2) is 10.8. The number of hydrogen-bond donors (Lipinski definition) is 1. The zero-order valence-electron chi connectivity index (χ0n) is 21.1. The number of para-hydroxylation sites is 1. The standard InChI is InChI=1S/C30H25ClF2N4O2/c1-20-13-15-37(35-20)22-11-12-24(26(31)17-22)29(39)36-16-14-30(32,33)25(23-9-5-6-10-27(23)36)18-28(38)34-19-21-7-3-2-4-8-21/h2-13,15,17-18H,14,16,19H2,1H3,(H,34,38)/b25-18-. The van der Waals surface area contributed by atoms with Crippen LogP contribution < -0.4 is 10.2 Å². The van der Waals surface area contributed by atoms with Gasteiger partial charge in [0, 0.05) is 42.9 Å². The summed E-state index contributed by atoms with van der Waals surface area (Å²) in [6, 6.07) is 22.3. The van der Waals surface area contributed by atoms with Crippen molar-refractivity contribution in [2.45, 2.75) is 25.8 Å². The molecule has 4 aromatic rings. The number of halogens is 3. The van der Waals surface area contributed by atoms with E-state index in [1.54, 1.807) is 47.3 Å². The number of hydrogen-bond acceptors (Lipinski definition) is 3. The lowest BCUT2D eigenvalue weighted by Crippen LogP contribution is -2.33. The smallest absolute Gasteiger partial charge is 0.275 e. The number of carbonyl (C=O) groups is 2. The third kappa shape index (κ3) is 5.61. The molecule has 0 saturated heterocycles. The van der Waals surface area contributed by atoms with E-state index >= 15 is 8.78 Å². The van der Waals surface area contributed by atoms with Crippen molar-refractivity contribution in [3.05, 3.63) is 119 Å². The topological polar surface area (TPSA) is 67.2 Å². The number of nitrogens with zero attached hydrogens (tertiary/aromatic N) is 3. The van der Waals surface area contributed by atoms with Crippen LogP contribution in [0, 0.1) is 6.92 Å². The number of nitrogens with one attached hydrogen (secondary N) is 1. The highest BCUT2D eigenvalue weighted by molar-refractivity contribution is 6.34. The van der Waals surface area contributed by atoms with Crippen molar-refractivity contribution in [3.63, 3.8) is 0 Å². The van der Waals surface area contributed by atoms with E-state index in [9.17, 15) is 9.59 Å². The minimum atomic E-state index is -3.35. The fourth-order valence-corrected chi connectivity index (χ4v) is 4.78. The molecular formula is C30H25ClF2N4O2. The van der Waals surface area contributed by atoms with Crippen molar-refractivity contribution in [2.24, 2.45) is 0 Å². The van der Waals surface area contributed by atoms with E-state index in [1.165, 1.54) is 11.0 Å². The summed E-state index contributed by atoms with van der Waals surface area (Å²) in [5, 5.41) is 7.19. The molecule has 0 fully saturated rings. The maximum Gasteiger partial charge on any atom is 0.275 e. The van der Waals surface area contributed by atoms with Crippen LogP contribution in [0.1, 0.15) is 33.6 Å².